The van der Waals surface area contributed by atoms with Crippen LogP contribution in [0.3, 0.4) is 0 Å². The highest BCUT2D eigenvalue weighted by molar-refractivity contribution is 5.85. The Morgan fingerprint density at radius 3 is 2.48 bits per heavy atom. The Balaban J connectivity index is 0.00000210. The predicted molar refractivity (Wildman–Crippen MR) is 105 cm³/mol. The average Bonchev–Trinajstić information content (AvgIpc) is 3.32. The number of nitrogens with zero attached hydrogens (tertiary/aromatic N) is 3. The number of likely N-dealkylation sites (tertiary alicyclic amines) is 1. The molecule has 0 spiro atoms. The van der Waals surface area contributed by atoms with Gasteiger partial charge >= 0.3 is 0 Å². The smallest absolute Gasteiger partial charge is 0.159 e. The summed E-state index contributed by atoms with van der Waals surface area (Å²) >= 11 is 0. The van der Waals surface area contributed by atoms with Gasteiger partial charge in [0, 0.05) is 30.8 Å². The number of aromatic nitrogens is 2. The Hall–Kier alpha value is -1.50. The molecule has 27 heavy (non-hydrogen) atoms. The number of hydrogen-bond donors (Lipinski definition) is 1. The molecule has 0 amide bonds. The summed E-state index contributed by atoms with van der Waals surface area (Å²) in [5, 5.41) is 3.40. The number of nitrogens with one attached hydrogen (secondary N) is 1. The van der Waals surface area contributed by atoms with E-state index < -0.39 is 11.6 Å². The maximum atomic E-state index is 13.7. The van der Waals surface area contributed by atoms with Gasteiger partial charge in [-0.15, -0.1) is 12.4 Å². The van der Waals surface area contributed by atoms with Crippen molar-refractivity contribution >= 4 is 12.4 Å². The molecule has 0 unspecified atom stereocenters. The third-order valence-electron chi connectivity index (χ3n) is 5.58. The molecule has 1 N–H and O–H groups in total. The van der Waals surface area contributed by atoms with Gasteiger partial charge in [0.2, 0.25) is 0 Å². The quantitative estimate of drug-likeness (QED) is 0.834. The van der Waals surface area contributed by atoms with Crippen molar-refractivity contribution in [2.75, 3.05) is 32.7 Å². The van der Waals surface area contributed by atoms with Gasteiger partial charge in [0.05, 0.1) is 5.69 Å². The lowest BCUT2D eigenvalue weighted by atomic mass is 9.97. The van der Waals surface area contributed by atoms with Crippen LogP contribution < -0.4 is 5.32 Å². The van der Waals surface area contributed by atoms with Crippen LogP contribution in [0.2, 0.25) is 0 Å². The highest BCUT2D eigenvalue weighted by Gasteiger charge is 2.22. The fourth-order valence-electron chi connectivity index (χ4n) is 4.07. The molecule has 1 aromatic carbocycles. The van der Waals surface area contributed by atoms with Crippen LogP contribution in [0.5, 0.6) is 0 Å². The van der Waals surface area contributed by atoms with E-state index in [-0.39, 0.29) is 12.4 Å². The first kappa shape index (κ1) is 20.2. The molecule has 1 aromatic heterocycles. The van der Waals surface area contributed by atoms with E-state index in [1.807, 2.05) is 6.20 Å². The third-order valence-corrected chi connectivity index (χ3v) is 5.58. The standard InChI is InChI=1S/C20H26F2N4.ClH/c21-17-4-3-16(13-18(17)22)19-14-26(12-11-25-9-1-2-10-25)20(24-19)15-5-7-23-8-6-15;/h3-4,13-15,23H,1-2,5-12H2;1H. The van der Waals surface area contributed by atoms with E-state index in [0.717, 1.165) is 50.5 Å². The second-order valence-corrected chi connectivity index (χ2v) is 7.38. The minimum absolute atomic E-state index is 0. The van der Waals surface area contributed by atoms with Gasteiger partial charge in [-0.3, -0.25) is 0 Å². The highest BCUT2D eigenvalue weighted by Crippen LogP contribution is 2.29. The van der Waals surface area contributed by atoms with Crippen molar-refractivity contribution in [2.45, 2.75) is 38.1 Å². The van der Waals surface area contributed by atoms with Crippen LogP contribution in [0, 0.1) is 11.6 Å². The van der Waals surface area contributed by atoms with Crippen molar-refractivity contribution in [1.82, 2.24) is 19.8 Å². The molecule has 7 heteroatoms. The van der Waals surface area contributed by atoms with Crippen LogP contribution in [0.25, 0.3) is 11.3 Å². The maximum Gasteiger partial charge on any atom is 0.159 e. The number of imidazole rings is 1. The van der Waals surface area contributed by atoms with Gasteiger partial charge < -0.3 is 14.8 Å². The summed E-state index contributed by atoms with van der Waals surface area (Å²) in [4.78, 5) is 7.34. The van der Waals surface area contributed by atoms with Gasteiger partial charge in [0.1, 0.15) is 5.82 Å². The van der Waals surface area contributed by atoms with Gasteiger partial charge in [-0.25, -0.2) is 13.8 Å². The van der Waals surface area contributed by atoms with Crippen LogP contribution in [0.15, 0.2) is 24.4 Å². The van der Waals surface area contributed by atoms with Crippen molar-refractivity contribution in [3.05, 3.63) is 41.9 Å². The average molecular weight is 397 g/mol. The molecule has 2 saturated heterocycles. The molecule has 0 saturated carbocycles. The fraction of sp³-hybridized carbons (Fsp3) is 0.550. The summed E-state index contributed by atoms with van der Waals surface area (Å²) in [6, 6.07) is 4.03. The molecule has 0 bridgehead atoms. The van der Waals surface area contributed by atoms with Crippen molar-refractivity contribution in [3.63, 3.8) is 0 Å². The molecule has 2 aliphatic rings. The Bertz CT molecular complexity index is 752. The first-order valence-electron chi connectivity index (χ1n) is 9.66. The van der Waals surface area contributed by atoms with E-state index in [0.29, 0.717) is 11.5 Å². The van der Waals surface area contributed by atoms with Crippen LogP contribution in [0.4, 0.5) is 8.78 Å². The Kier molecular flexibility index (Phi) is 6.84. The first-order chi connectivity index (χ1) is 12.7. The molecule has 2 aromatic rings. The minimum atomic E-state index is -0.822. The Morgan fingerprint density at radius 2 is 1.78 bits per heavy atom. The maximum absolute atomic E-state index is 13.7. The van der Waals surface area contributed by atoms with Gasteiger partial charge in [0.25, 0.3) is 0 Å². The molecule has 4 rings (SSSR count). The largest absolute Gasteiger partial charge is 0.333 e. The Morgan fingerprint density at radius 1 is 1.04 bits per heavy atom. The molecule has 0 atom stereocenters. The molecule has 2 fully saturated rings. The molecule has 2 aliphatic heterocycles. The molecular weight excluding hydrogens is 370 g/mol. The van der Waals surface area contributed by atoms with Crippen LogP contribution in [0.1, 0.15) is 37.4 Å². The molecule has 0 aliphatic carbocycles. The molecule has 3 heterocycles. The van der Waals surface area contributed by atoms with Crippen LogP contribution >= 0.6 is 12.4 Å². The Labute approximate surface area is 165 Å². The monoisotopic (exact) mass is 396 g/mol. The van der Waals surface area contributed by atoms with Crippen LogP contribution in [-0.2, 0) is 6.54 Å². The van der Waals surface area contributed by atoms with Crippen molar-refractivity contribution in [1.29, 1.82) is 0 Å². The van der Waals surface area contributed by atoms with E-state index in [1.54, 1.807) is 6.07 Å². The summed E-state index contributed by atoms with van der Waals surface area (Å²) in [6.45, 7) is 6.27. The van der Waals surface area contributed by atoms with Crippen molar-refractivity contribution in [3.8, 4) is 11.3 Å². The van der Waals surface area contributed by atoms with E-state index in [2.05, 4.69) is 14.8 Å². The normalized spacial score (nSPS) is 18.6. The van der Waals surface area contributed by atoms with Gasteiger partial charge in [-0.05, 0) is 70.1 Å². The fourth-order valence-corrected chi connectivity index (χ4v) is 4.07. The van der Waals surface area contributed by atoms with E-state index in [1.165, 1.54) is 38.1 Å². The third kappa shape index (κ3) is 4.68. The van der Waals surface area contributed by atoms with E-state index >= 15 is 0 Å². The zero-order valence-corrected chi connectivity index (χ0v) is 16.3. The number of benzene rings is 1. The predicted octanol–water partition coefficient (Wildman–Crippen LogP) is 3.81. The molecule has 0 radical (unpaired) electrons. The summed E-state index contributed by atoms with van der Waals surface area (Å²) in [7, 11) is 0. The number of halogens is 3. The topological polar surface area (TPSA) is 33.1 Å². The molecule has 148 valence electrons. The lowest BCUT2D eigenvalue weighted by molar-refractivity contribution is 0.316. The van der Waals surface area contributed by atoms with E-state index in [4.69, 9.17) is 4.98 Å². The number of hydrogen-bond acceptors (Lipinski definition) is 3. The minimum Gasteiger partial charge on any atom is -0.333 e. The first-order valence-corrected chi connectivity index (χ1v) is 9.66. The summed E-state index contributed by atoms with van der Waals surface area (Å²) in [5.41, 5.74) is 1.37. The van der Waals surface area contributed by atoms with Gasteiger partial charge in [-0.1, -0.05) is 0 Å². The zero-order chi connectivity index (χ0) is 17.9. The van der Waals surface area contributed by atoms with Crippen LogP contribution in [-0.4, -0.2) is 47.2 Å². The summed E-state index contributed by atoms with van der Waals surface area (Å²) < 4.78 is 29.2. The van der Waals surface area contributed by atoms with Gasteiger partial charge in [-0.2, -0.15) is 0 Å². The second-order valence-electron chi connectivity index (χ2n) is 7.38. The molecular formula is C20H27ClF2N4. The lowest BCUT2D eigenvalue weighted by Crippen LogP contribution is -2.29. The molecule has 4 nitrogen and oxygen atoms in total. The second kappa shape index (κ2) is 9.13. The number of piperidine rings is 1. The number of rotatable bonds is 5. The summed E-state index contributed by atoms with van der Waals surface area (Å²) in [6.07, 6.45) is 6.71. The van der Waals surface area contributed by atoms with Crippen molar-refractivity contribution < 1.29 is 8.78 Å². The lowest BCUT2D eigenvalue weighted by Gasteiger charge is -2.24. The highest BCUT2D eigenvalue weighted by atomic mass is 35.5. The van der Waals surface area contributed by atoms with Crippen molar-refractivity contribution in [2.24, 2.45) is 0 Å². The van der Waals surface area contributed by atoms with Gasteiger partial charge in [0.15, 0.2) is 11.6 Å². The SMILES string of the molecule is Cl.Fc1ccc(-c2cn(CCN3CCCC3)c(C3CCNCC3)n2)cc1F. The zero-order valence-electron chi connectivity index (χ0n) is 15.5. The van der Waals surface area contributed by atoms with E-state index in [9.17, 15) is 8.78 Å². The summed E-state index contributed by atoms with van der Waals surface area (Å²) in [5.74, 6) is -0.127.